The molecule has 0 fully saturated rings. The molecule has 1 aliphatic heterocycles. The standard InChI is InChI=1S/C16H17N6S/c1-21-14(11-22-8-9-23-16(21)22)13-4-2-12(3-5-13)10-19-20-15-17-6-7-18-15/h2-5,8-11H,6-7H2,1H3,(H2,17,18,20)/q+1/b19-10+. The first-order valence-electron chi connectivity index (χ1n) is 7.43. The highest BCUT2D eigenvalue weighted by molar-refractivity contribution is 7.14. The van der Waals surface area contributed by atoms with E-state index in [1.807, 2.05) is 0 Å². The van der Waals surface area contributed by atoms with Crippen LogP contribution in [0.2, 0.25) is 0 Å². The topological polar surface area (TPSA) is 57.8 Å². The zero-order valence-corrected chi connectivity index (χ0v) is 13.5. The van der Waals surface area contributed by atoms with E-state index in [4.69, 9.17) is 0 Å². The summed E-state index contributed by atoms with van der Waals surface area (Å²) >= 11 is 1.74. The van der Waals surface area contributed by atoms with Crippen LogP contribution in [0.25, 0.3) is 16.2 Å². The molecule has 3 heterocycles. The molecule has 0 amide bonds. The number of aromatic nitrogens is 2. The average Bonchev–Trinajstić information content (AvgIpc) is 3.28. The lowest BCUT2D eigenvalue weighted by atomic mass is 10.1. The SMILES string of the molecule is Cn1c(-c2ccc(/C=N/NC3=NCCN3)cc2)c[n+]2ccsc12. The van der Waals surface area contributed by atoms with Crippen LogP contribution in [0, 0.1) is 0 Å². The fraction of sp³-hybridized carbons (Fsp3) is 0.188. The van der Waals surface area contributed by atoms with Gasteiger partial charge in [0.25, 0.3) is 0 Å². The van der Waals surface area contributed by atoms with Gasteiger partial charge in [-0.3, -0.25) is 0 Å². The molecule has 0 unspecified atom stereocenters. The largest absolute Gasteiger partial charge is 0.353 e. The average molecular weight is 325 g/mol. The third kappa shape index (κ3) is 2.70. The molecule has 6 nitrogen and oxygen atoms in total. The number of thiazole rings is 1. The Morgan fingerprint density at radius 3 is 3.00 bits per heavy atom. The number of fused-ring (bicyclic) bond motifs is 1. The summed E-state index contributed by atoms with van der Waals surface area (Å²) in [6.07, 6.45) is 6.03. The van der Waals surface area contributed by atoms with Gasteiger partial charge in [-0.25, -0.2) is 15.0 Å². The van der Waals surface area contributed by atoms with Crippen LogP contribution in [0.5, 0.6) is 0 Å². The molecular weight excluding hydrogens is 308 g/mol. The van der Waals surface area contributed by atoms with Gasteiger partial charge in [0.05, 0.1) is 19.8 Å². The molecule has 4 rings (SSSR count). The molecule has 23 heavy (non-hydrogen) atoms. The summed E-state index contributed by atoms with van der Waals surface area (Å²) in [5.41, 5.74) is 6.33. The second kappa shape index (κ2) is 5.85. The predicted molar refractivity (Wildman–Crippen MR) is 92.9 cm³/mol. The summed E-state index contributed by atoms with van der Waals surface area (Å²) < 4.78 is 4.35. The van der Waals surface area contributed by atoms with Crippen LogP contribution in [-0.4, -0.2) is 29.8 Å². The Hall–Kier alpha value is -2.67. The van der Waals surface area contributed by atoms with E-state index < -0.39 is 0 Å². The van der Waals surface area contributed by atoms with Gasteiger partial charge in [0.2, 0.25) is 5.96 Å². The minimum atomic E-state index is 0.735. The molecule has 1 aliphatic rings. The summed E-state index contributed by atoms with van der Waals surface area (Å²) in [6, 6.07) is 8.37. The Morgan fingerprint density at radius 1 is 1.39 bits per heavy atom. The Labute approximate surface area is 137 Å². The van der Waals surface area contributed by atoms with E-state index in [0.717, 1.165) is 24.6 Å². The van der Waals surface area contributed by atoms with E-state index >= 15 is 0 Å². The predicted octanol–water partition coefficient (Wildman–Crippen LogP) is 1.37. The molecule has 0 spiro atoms. The van der Waals surface area contributed by atoms with Crippen LogP contribution in [0.3, 0.4) is 0 Å². The van der Waals surface area contributed by atoms with Crippen LogP contribution in [-0.2, 0) is 7.05 Å². The number of nitrogens with zero attached hydrogens (tertiary/aromatic N) is 4. The first kappa shape index (κ1) is 14.0. The smallest absolute Gasteiger partial charge is 0.345 e. The van der Waals surface area contributed by atoms with Crippen molar-refractivity contribution in [2.24, 2.45) is 17.1 Å². The van der Waals surface area contributed by atoms with Crippen molar-refractivity contribution in [1.29, 1.82) is 0 Å². The molecule has 2 aromatic heterocycles. The van der Waals surface area contributed by atoms with Gasteiger partial charge in [0, 0.05) is 17.5 Å². The third-order valence-electron chi connectivity index (χ3n) is 3.79. The molecule has 0 bridgehead atoms. The van der Waals surface area contributed by atoms with Gasteiger partial charge in [-0.15, -0.1) is 0 Å². The Kier molecular flexibility index (Phi) is 3.55. The van der Waals surface area contributed by atoms with Crippen LogP contribution >= 0.6 is 11.3 Å². The molecular formula is C16H17N6S+. The van der Waals surface area contributed by atoms with E-state index in [-0.39, 0.29) is 0 Å². The maximum absolute atomic E-state index is 4.22. The molecule has 0 radical (unpaired) electrons. The van der Waals surface area contributed by atoms with Crippen molar-refractivity contribution in [2.45, 2.75) is 0 Å². The highest BCUT2D eigenvalue weighted by Crippen LogP contribution is 2.21. The Morgan fingerprint density at radius 2 is 2.26 bits per heavy atom. The third-order valence-corrected chi connectivity index (χ3v) is 4.74. The molecule has 7 heteroatoms. The number of hydrogen-bond acceptors (Lipinski definition) is 5. The van der Waals surface area contributed by atoms with Gasteiger partial charge in [0.1, 0.15) is 12.4 Å². The van der Waals surface area contributed by atoms with Crippen LogP contribution in [0.15, 0.2) is 52.1 Å². The van der Waals surface area contributed by atoms with Gasteiger partial charge >= 0.3 is 4.96 Å². The van der Waals surface area contributed by atoms with E-state index in [0.29, 0.717) is 0 Å². The number of hydrogen-bond donors (Lipinski definition) is 2. The number of benzene rings is 1. The highest BCUT2D eigenvalue weighted by Gasteiger charge is 2.16. The Balaban J connectivity index is 1.52. The fourth-order valence-corrected chi connectivity index (χ4v) is 3.41. The van der Waals surface area contributed by atoms with E-state index in [2.05, 4.69) is 78.9 Å². The lowest BCUT2D eigenvalue weighted by Crippen LogP contribution is -2.30. The van der Waals surface area contributed by atoms with Crippen LogP contribution < -0.4 is 15.1 Å². The normalized spacial score (nSPS) is 14.4. The number of hydrazone groups is 1. The van der Waals surface area contributed by atoms with Gasteiger partial charge < -0.3 is 5.32 Å². The first-order valence-corrected chi connectivity index (χ1v) is 8.31. The summed E-state index contributed by atoms with van der Waals surface area (Å²) in [5.74, 6) is 0.735. The summed E-state index contributed by atoms with van der Waals surface area (Å²) in [4.78, 5) is 5.44. The van der Waals surface area contributed by atoms with Crippen molar-refractivity contribution in [2.75, 3.05) is 13.1 Å². The molecule has 1 aromatic carbocycles. The molecule has 0 saturated carbocycles. The lowest BCUT2D eigenvalue weighted by Gasteiger charge is -2.00. The van der Waals surface area contributed by atoms with Crippen molar-refractivity contribution >= 4 is 28.5 Å². The maximum atomic E-state index is 4.22. The molecule has 0 saturated heterocycles. The highest BCUT2D eigenvalue weighted by atomic mass is 32.1. The number of aryl methyl sites for hydroxylation is 1. The summed E-state index contributed by atoms with van der Waals surface area (Å²) in [6.45, 7) is 1.68. The van der Waals surface area contributed by atoms with Gasteiger partial charge in [-0.2, -0.15) is 9.50 Å². The minimum absolute atomic E-state index is 0.735. The van der Waals surface area contributed by atoms with Crippen molar-refractivity contribution < 1.29 is 4.40 Å². The number of imidazole rings is 1. The number of nitrogens with one attached hydrogen (secondary N) is 2. The van der Waals surface area contributed by atoms with E-state index in [9.17, 15) is 0 Å². The van der Waals surface area contributed by atoms with Crippen molar-refractivity contribution in [3.05, 3.63) is 47.6 Å². The fourth-order valence-electron chi connectivity index (χ4n) is 2.60. The number of aliphatic imine (C=N–C) groups is 1. The Bertz CT molecular complexity index is 887. The first-order chi connectivity index (χ1) is 11.3. The minimum Gasteiger partial charge on any atom is -0.353 e. The van der Waals surface area contributed by atoms with Crippen LogP contribution in [0.1, 0.15) is 5.56 Å². The number of guanidine groups is 1. The molecule has 116 valence electrons. The number of rotatable bonds is 3. The van der Waals surface area contributed by atoms with Crippen molar-refractivity contribution in [3.63, 3.8) is 0 Å². The van der Waals surface area contributed by atoms with Crippen molar-refractivity contribution in [1.82, 2.24) is 15.3 Å². The zero-order chi connectivity index (χ0) is 15.6. The summed E-state index contributed by atoms with van der Waals surface area (Å²) in [5, 5.41) is 9.40. The van der Waals surface area contributed by atoms with Crippen molar-refractivity contribution in [3.8, 4) is 11.3 Å². The second-order valence-corrected chi connectivity index (χ2v) is 6.19. The van der Waals surface area contributed by atoms with Crippen LogP contribution in [0.4, 0.5) is 0 Å². The molecule has 0 aliphatic carbocycles. The molecule has 3 aromatic rings. The monoisotopic (exact) mass is 325 g/mol. The quantitative estimate of drug-likeness (QED) is 0.434. The van der Waals surface area contributed by atoms with E-state index in [1.165, 1.54) is 16.2 Å². The molecule has 2 N–H and O–H groups in total. The maximum Gasteiger partial charge on any atom is 0.345 e. The van der Waals surface area contributed by atoms with E-state index in [1.54, 1.807) is 17.6 Å². The summed E-state index contributed by atoms with van der Waals surface area (Å²) in [7, 11) is 2.09. The van der Waals surface area contributed by atoms with Gasteiger partial charge in [0.15, 0.2) is 5.69 Å². The second-order valence-electron chi connectivity index (χ2n) is 5.32. The van der Waals surface area contributed by atoms with Gasteiger partial charge in [-0.1, -0.05) is 23.5 Å². The van der Waals surface area contributed by atoms with Gasteiger partial charge in [-0.05, 0) is 17.7 Å². The molecule has 0 atom stereocenters. The lowest BCUT2D eigenvalue weighted by molar-refractivity contribution is -0.505. The zero-order valence-electron chi connectivity index (χ0n) is 12.7.